The van der Waals surface area contributed by atoms with Crippen LogP contribution in [0.2, 0.25) is 5.02 Å². The first-order valence-corrected chi connectivity index (χ1v) is 8.54. The van der Waals surface area contributed by atoms with Gasteiger partial charge in [-0.25, -0.2) is 4.79 Å². The fourth-order valence-corrected chi connectivity index (χ4v) is 2.68. The molecule has 0 fully saturated rings. The van der Waals surface area contributed by atoms with Crippen molar-refractivity contribution in [2.45, 2.75) is 10.4 Å². The predicted octanol–water partition coefficient (Wildman–Crippen LogP) is 4.76. The summed E-state index contributed by atoms with van der Waals surface area (Å²) in [5, 5.41) is 2.86. The molecule has 0 aliphatic carbocycles. The van der Waals surface area contributed by atoms with Gasteiger partial charge in [0.2, 0.25) is 0 Å². The SMILES string of the molecule is COc1ccc(Cl)cc1NC(=O)COC(=O)c1ccc(SC(F)(F)F)cc1. The second-order valence-electron chi connectivity index (χ2n) is 5.04. The van der Waals surface area contributed by atoms with Crippen molar-refractivity contribution in [3.63, 3.8) is 0 Å². The summed E-state index contributed by atoms with van der Waals surface area (Å²) in [6, 6.07) is 9.28. The van der Waals surface area contributed by atoms with Crippen molar-refractivity contribution in [2.24, 2.45) is 0 Å². The lowest BCUT2D eigenvalue weighted by Crippen LogP contribution is -2.21. The summed E-state index contributed by atoms with van der Waals surface area (Å²) >= 11 is 5.56. The quantitative estimate of drug-likeness (QED) is 0.540. The number of rotatable bonds is 6. The van der Waals surface area contributed by atoms with Gasteiger partial charge in [-0.15, -0.1) is 0 Å². The van der Waals surface area contributed by atoms with E-state index in [9.17, 15) is 22.8 Å². The van der Waals surface area contributed by atoms with Gasteiger partial charge in [0, 0.05) is 9.92 Å². The number of hydrogen-bond donors (Lipinski definition) is 1. The van der Waals surface area contributed by atoms with Crippen LogP contribution in [0.25, 0.3) is 0 Å². The van der Waals surface area contributed by atoms with Gasteiger partial charge in [0.25, 0.3) is 5.91 Å². The Hall–Kier alpha value is -2.39. The average molecular weight is 420 g/mol. The van der Waals surface area contributed by atoms with Gasteiger partial charge < -0.3 is 14.8 Å². The van der Waals surface area contributed by atoms with E-state index in [4.69, 9.17) is 21.1 Å². The molecule has 0 unspecified atom stereocenters. The molecule has 0 saturated heterocycles. The van der Waals surface area contributed by atoms with Crippen LogP contribution in [0.4, 0.5) is 18.9 Å². The van der Waals surface area contributed by atoms with Crippen LogP contribution in [0.3, 0.4) is 0 Å². The van der Waals surface area contributed by atoms with E-state index in [1.807, 2.05) is 0 Å². The maximum atomic E-state index is 12.3. The van der Waals surface area contributed by atoms with Crippen LogP contribution in [-0.4, -0.2) is 31.1 Å². The Balaban J connectivity index is 1.91. The lowest BCUT2D eigenvalue weighted by molar-refractivity contribution is -0.119. The summed E-state index contributed by atoms with van der Waals surface area (Å²) in [6.07, 6.45) is 0. The predicted molar refractivity (Wildman–Crippen MR) is 95.3 cm³/mol. The molecular formula is C17H13ClF3NO4S. The Morgan fingerprint density at radius 3 is 2.41 bits per heavy atom. The molecule has 0 aliphatic rings. The van der Waals surface area contributed by atoms with E-state index in [1.54, 1.807) is 12.1 Å². The molecule has 0 heterocycles. The Morgan fingerprint density at radius 1 is 1.15 bits per heavy atom. The van der Waals surface area contributed by atoms with E-state index in [0.717, 1.165) is 12.1 Å². The molecule has 10 heteroatoms. The van der Waals surface area contributed by atoms with Crippen LogP contribution in [-0.2, 0) is 9.53 Å². The number of hydrogen-bond acceptors (Lipinski definition) is 5. The maximum absolute atomic E-state index is 12.3. The monoisotopic (exact) mass is 419 g/mol. The van der Waals surface area contributed by atoms with Crippen LogP contribution in [0.15, 0.2) is 47.4 Å². The number of nitrogens with one attached hydrogen (secondary N) is 1. The van der Waals surface area contributed by atoms with Gasteiger partial charge in [0.1, 0.15) is 5.75 Å². The van der Waals surface area contributed by atoms with Gasteiger partial charge >= 0.3 is 11.5 Å². The molecular weight excluding hydrogens is 407 g/mol. The van der Waals surface area contributed by atoms with E-state index in [-0.39, 0.29) is 22.2 Å². The number of ether oxygens (including phenoxy) is 2. The summed E-state index contributed by atoms with van der Waals surface area (Å²) in [7, 11) is 1.42. The molecule has 2 aromatic carbocycles. The first-order valence-electron chi connectivity index (χ1n) is 7.34. The number of esters is 1. The molecule has 2 rings (SSSR count). The second-order valence-corrected chi connectivity index (χ2v) is 6.62. The lowest BCUT2D eigenvalue weighted by atomic mass is 10.2. The van der Waals surface area contributed by atoms with Crippen LogP contribution in [0.1, 0.15) is 10.4 Å². The summed E-state index contributed by atoms with van der Waals surface area (Å²) in [4.78, 5) is 23.8. The first kappa shape index (κ1) is 20.9. The number of carbonyl (C=O) groups is 2. The first-order chi connectivity index (χ1) is 12.7. The standard InChI is InChI=1S/C17H13ClF3NO4S/c1-25-14-7-4-11(18)8-13(14)22-15(23)9-26-16(24)10-2-5-12(6-3-10)27-17(19,20)21/h2-8H,9H2,1H3,(H,22,23). The molecule has 0 atom stereocenters. The Bertz CT molecular complexity index is 828. The van der Waals surface area contributed by atoms with Crippen LogP contribution < -0.4 is 10.1 Å². The van der Waals surface area contributed by atoms with E-state index >= 15 is 0 Å². The highest BCUT2D eigenvalue weighted by Crippen LogP contribution is 2.36. The Morgan fingerprint density at radius 2 is 1.81 bits per heavy atom. The molecule has 0 spiro atoms. The molecule has 27 heavy (non-hydrogen) atoms. The van der Waals surface area contributed by atoms with Crippen molar-refractivity contribution in [2.75, 3.05) is 19.0 Å². The molecule has 0 bridgehead atoms. The van der Waals surface area contributed by atoms with Crippen molar-refractivity contribution in [3.05, 3.63) is 53.1 Å². The third-order valence-corrected chi connectivity index (χ3v) is 4.07. The topological polar surface area (TPSA) is 64.6 Å². The molecule has 144 valence electrons. The molecule has 2 aromatic rings. The third kappa shape index (κ3) is 6.69. The highest BCUT2D eigenvalue weighted by molar-refractivity contribution is 8.00. The zero-order chi connectivity index (χ0) is 20.0. The number of benzene rings is 2. The molecule has 5 nitrogen and oxygen atoms in total. The highest BCUT2D eigenvalue weighted by Gasteiger charge is 2.29. The van der Waals surface area contributed by atoms with E-state index in [2.05, 4.69) is 5.32 Å². The zero-order valence-electron chi connectivity index (χ0n) is 13.8. The van der Waals surface area contributed by atoms with E-state index in [0.29, 0.717) is 16.5 Å². The molecule has 0 saturated carbocycles. The third-order valence-electron chi connectivity index (χ3n) is 3.09. The van der Waals surface area contributed by atoms with E-state index in [1.165, 1.54) is 25.3 Å². The average Bonchev–Trinajstić information content (AvgIpc) is 2.59. The van der Waals surface area contributed by atoms with Crippen molar-refractivity contribution in [1.82, 2.24) is 0 Å². The summed E-state index contributed by atoms with van der Waals surface area (Å²) in [5.74, 6) is -1.10. The van der Waals surface area contributed by atoms with Crippen LogP contribution in [0.5, 0.6) is 5.75 Å². The van der Waals surface area contributed by atoms with Crippen molar-refractivity contribution in [3.8, 4) is 5.75 Å². The number of amides is 1. The minimum Gasteiger partial charge on any atom is -0.495 e. The van der Waals surface area contributed by atoms with Crippen LogP contribution in [0, 0.1) is 0 Å². The number of anilines is 1. The van der Waals surface area contributed by atoms with Gasteiger partial charge in [-0.3, -0.25) is 4.79 Å². The normalized spacial score (nSPS) is 11.0. The molecule has 1 amide bonds. The van der Waals surface area contributed by atoms with Crippen molar-refractivity contribution < 1.29 is 32.2 Å². The second kappa shape index (κ2) is 9.01. The van der Waals surface area contributed by atoms with Gasteiger partial charge in [0.15, 0.2) is 6.61 Å². The Labute approximate surface area is 161 Å². The molecule has 0 aromatic heterocycles. The molecule has 1 N–H and O–H groups in total. The maximum Gasteiger partial charge on any atom is 0.446 e. The summed E-state index contributed by atoms with van der Waals surface area (Å²) in [6.45, 7) is -0.590. The number of thioether (sulfide) groups is 1. The van der Waals surface area contributed by atoms with Crippen LogP contribution >= 0.6 is 23.4 Å². The minimum atomic E-state index is -4.42. The van der Waals surface area contributed by atoms with E-state index < -0.39 is 24.0 Å². The Kier molecular flexibility index (Phi) is 6.98. The number of alkyl halides is 3. The fourth-order valence-electron chi connectivity index (χ4n) is 1.97. The van der Waals surface area contributed by atoms with Crippen molar-refractivity contribution in [1.29, 1.82) is 0 Å². The summed E-state index contributed by atoms with van der Waals surface area (Å²) < 4.78 is 46.8. The smallest absolute Gasteiger partial charge is 0.446 e. The summed E-state index contributed by atoms with van der Waals surface area (Å²) in [5.41, 5.74) is -4.09. The molecule has 0 radical (unpaired) electrons. The number of halogens is 4. The van der Waals surface area contributed by atoms with Gasteiger partial charge in [-0.1, -0.05) is 11.6 Å². The lowest BCUT2D eigenvalue weighted by Gasteiger charge is -2.11. The molecule has 0 aliphatic heterocycles. The van der Waals surface area contributed by atoms with Crippen molar-refractivity contribution >= 4 is 40.9 Å². The number of methoxy groups -OCH3 is 1. The zero-order valence-corrected chi connectivity index (χ0v) is 15.4. The van der Waals surface area contributed by atoms with Gasteiger partial charge in [-0.2, -0.15) is 13.2 Å². The largest absolute Gasteiger partial charge is 0.495 e. The highest BCUT2D eigenvalue weighted by atomic mass is 35.5. The number of carbonyl (C=O) groups excluding carboxylic acids is 2. The minimum absolute atomic E-state index is 0.0228. The van der Waals surface area contributed by atoms with Gasteiger partial charge in [-0.05, 0) is 54.2 Å². The van der Waals surface area contributed by atoms with Gasteiger partial charge in [0.05, 0.1) is 18.4 Å². The fraction of sp³-hybridized carbons (Fsp3) is 0.176.